The number of amidine groups is 1. The van der Waals surface area contributed by atoms with Gasteiger partial charge in [-0.3, -0.25) is 0 Å². The maximum absolute atomic E-state index is 8.51. The minimum atomic E-state index is -0.00830. The lowest BCUT2D eigenvalue weighted by Crippen LogP contribution is -2.22. The molecule has 18 heavy (non-hydrogen) atoms. The van der Waals surface area contributed by atoms with Gasteiger partial charge in [-0.25, -0.2) is 0 Å². The highest BCUT2D eigenvalue weighted by molar-refractivity contribution is 5.81. The third-order valence-electron chi connectivity index (χ3n) is 2.76. The second-order valence-electron chi connectivity index (χ2n) is 5.31. The number of oxime groups is 1. The lowest BCUT2D eigenvalue weighted by Gasteiger charge is -2.23. The number of nitrogens with two attached hydrogens (primary N) is 1. The first kappa shape index (κ1) is 14.4. The Morgan fingerprint density at radius 3 is 2.56 bits per heavy atom. The minimum absolute atomic E-state index is 0.00830. The van der Waals surface area contributed by atoms with Crippen LogP contribution in [0.1, 0.15) is 38.8 Å². The van der Waals surface area contributed by atoms with Crippen molar-refractivity contribution in [2.24, 2.45) is 10.9 Å². The van der Waals surface area contributed by atoms with Crippen molar-refractivity contribution in [2.45, 2.75) is 39.5 Å². The van der Waals surface area contributed by atoms with E-state index in [2.05, 4.69) is 38.9 Å². The average molecular weight is 250 g/mol. The van der Waals surface area contributed by atoms with Gasteiger partial charge in [-0.1, -0.05) is 45.0 Å². The Morgan fingerprint density at radius 1 is 1.39 bits per heavy atom. The molecule has 0 radical (unpaired) electrons. The summed E-state index contributed by atoms with van der Waals surface area (Å²) in [4.78, 5) is 0. The fraction of sp³-hybridized carbons (Fsp3) is 0.500. The Kier molecular flexibility index (Phi) is 4.59. The average Bonchev–Trinajstić information content (AvgIpc) is 2.34. The van der Waals surface area contributed by atoms with Gasteiger partial charge in [0.05, 0.1) is 0 Å². The fourth-order valence-corrected chi connectivity index (χ4v) is 1.69. The van der Waals surface area contributed by atoms with Crippen LogP contribution in [0, 0.1) is 0 Å². The number of benzene rings is 1. The summed E-state index contributed by atoms with van der Waals surface area (Å²) in [6.07, 6.45) is 0.990. The lowest BCUT2D eigenvalue weighted by atomic mass is 9.85. The molecule has 100 valence electrons. The van der Waals surface area contributed by atoms with E-state index in [-0.39, 0.29) is 17.9 Å². The monoisotopic (exact) mass is 250 g/mol. The van der Waals surface area contributed by atoms with Gasteiger partial charge >= 0.3 is 0 Å². The molecule has 0 aromatic heterocycles. The predicted molar refractivity (Wildman–Crippen MR) is 73.4 cm³/mol. The van der Waals surface area contributed by atoms with Crippen LogP contribution < -0.4 is 10.5 Å². The summed E-state index contributed by atoms with van der Waals surface area (Å²) in [6.45, 7) is 8.62. The molecule has 4 heteroatoms. The van der Waals surface area contributed by atoms with Gasteiger partial charge in [0, 0.05) is 0 Å². The molecule has 1 aromatic carbocycles. The number of ether oxygens (including phenoxy) is 1. The van der Waals surface area contributed by atoms with Gasteiger partial charge in [0.25, 0.3) is 0 Å². The molecule has 0 aliphatic carbocycles. The molecule has 0 bridgehead atoms. The van der Waals surface area contributed by atoms with Gasteiger partial charge in [-0.05, 0) is 29.0 Å². The van der Waals surface area contributed by atoms with Crippen molar-refractivity contribution in [3.05, 3.63) is 29.3 Å². The summed E-state index contributed by atoms with van der Waals surface area (Å²) in [6, 6.07) is 6.14. The number of hydrogen-bond donors (Lipinski definition) is 2. The van der Waals surface area contributed by atoms with Gasteiger partial charge < -0.3 is 15.7 Å². The molecule has 0 saturated carbocycles. The molecule has 0 heterocycles. The van der Waals surface area contributed by atoms with Crippen LogP contribution in [0.25, 0.3) is 0 Å². The van der Waals surface area contributed by atoms with Crippen LogP contribution in [-0.2, 0) is 11.8 Å². The maximum atomic E-state index is 8.51. The molecule has 0 aliphatic heterocycles. The molecule has 0 atom stereocenters. The summed E-state index contributed by atoms with van der Waals surface area (Å²) in [7, 11) is 0. The number of aryl methyl sites for hydroxylation is 1. The van der Waals surface area contributed by atoms with Gasteiger partial charge in [-0.15, -0.1) is 0 Å². The van der Waals surface area contributed by atoms with E-state index in [9.17, 15) is 0 Å². The van der Waals surface area contributed by atoms with E-state index in [1.165, 1.54) is 5.56 Å². The zero-order chi connectivity index (χ0) is 13.8. The van der Waals surface area contributed by atoms with Crippen molar-refractivity contribution >= 4 is 5.84 Å². The van der Waals surface area contributed by atoms with Crippen molar-refractivity contribution in [1.82, 2.24) is 0 Å². The molecule has 3 N–H and O–H groups in total. The quantitative estimate of drug-likeness (QED) is 0.373. The largest absolute Gasteiger partial charge is 0.485 e. The lowest BCUT2D eigenvalue weighted by molar-refractivity contribution is 0.304. The summed E-state index contributed by atoms with van der Waals surface area (Å²) in [5, 5.41) is 11.4. The molecule has 1 aromatic rings. The van der Waals surface area contributed by atoms with Gasteiger partial charge in [0.2, 0.25) is 0 Å². The SMILES string of the molecule is CCc1ccc(OC/C(N)=N/O)c(C(C)(C)C)c1. The van der Waals surface area contributed by atoms with Crippen molar-refractivity contribution < 1.29 is 9.94 Å². The van der Waals surface area contributed by atoms with E-state index in [0.29, 0.717) is 0 Å². The molecular formula is C14H22N2O2. The van der Waals surface area contributed by atoms with E-state index in [1.54, 1.807) is 0 Å². The number of nitrogens with zero attached hydrogens (tertiary/aromatic N) is 1. The van der Waals surface area contributed by atoms with Crippen LogP contribution in [0.3, 0.4) is 0 Å². The van der Waals surface area contributed by atoms with E-state index >= 15 is 0 Å². The minimum Gasteiger partial charge on any atom is -0.485 e. The topological polar surface area (TPSA) is 67.8 Å². The Labute approximate surface area is 108 Å². The normalized spacial score (nSPS) is 12.6. The van der Waals surface area contributed by atoms with Crippen molar-refractivity contribution in [3.63, 3.8) is 0 Å². The van der Waals surface area contributed by atoms with E-state index < -0.39 is 0 Å². The molecule has 4 nitrogen and oxygen atoms in total. The number of hydrogen-bond acceptors (Lipinski definition) is 3. The molecular weight excluding hydrogens is 228 g/mol. The smallest absolute Gasteiger partial charge is 0.177 e. The van der Waals surface area contributed by atoms with Crippen LogP contribution >= 0.6 is 0 Å². The summed E-state index contributed by atoms with van der Waals surface area (Å²) < 4.78 is 5.60. The van der Waals surface area contributed by atoms with Gasteiger partial charge in [0.1, 0.15) is 12.4 Å². The molecule has 0 aliphatic rings. The van der Waals surface area contributed by atoms with Crippen LogP contribution in [0.4, 0.5) is 0 Å². The van der Waals surface area contributed by atoms with Crippen molar-refractivity contribution in [1.29, 1.82) is 0 Å². The first-order valence-electron chi connectivity index (χ1n) is 6.11. The highest BCUT2D eigenvalue weighted by Crippen LogP contribution is 2.32. The van der Waals surface area contributed by atoms with Gasteiger partial charge in [-0.2, -0.15) is 0 Å². The molecule has 0 fully saturated rings. The first-order chi connectivity index (χ1) is 8.38. The van der Waals surface area contributed by atoms with E-state index in [4.69, 9.17) is 15.7 Å². The number of rotatable bonds is 4. The third kappa shape index (κ3) is 3.65. The fourth-order valence-electron chi connectivity index (χ4n) is 1.69. The molecule has 1 rings (SSSR count). The van der Waals surface area contributed by atoms with Crippen LogP contribution in [-0.4, -0.2) is 17.6 Å². The molecule has 0 spiro atoms. The van der Waals surface area contributed by atoms with Crippen molar-refractivity contribution in [3.8, 4) is 5.75 Å². The van der Waals surface area contributed by atoms with Crippen LogP contribution in [0.15, 0.2) is 23.4 Å². The van der Waals surface area contributed by atoms with Crippen molar-refractivity contribution in [2.75, 3.05) is 6.61 Å². The summed E-state index contributed by atoms with van der Waals surface area (Å²) in [5.74, 6) is 0.848. The Bertz CT molecular complexity index is 434. The second-order valence-corrected chi connectivity index (χ2v) is 5.31. The highest BCUT2D eigenvalue weighted by Gasteiger charge is 2.19. The molecule has 0 saturated heterocycles. The maximum Gasteiger partial charge on any atom is 0.177 e. The third-order valence-corrected chi connectivity index (χ3v) is 2.76. The van der Waals surface area contributed by atoms with E-state index in [0.717, 1.165) is 17.7 Å². The van der Waals surface area contributed by atoms with Gasteiger partial charge in [0.15, 0.2) is 5.84 Å². The second kappa shape index (κ2) is 5.76. The Hall–Kier alpha value is -1.71. The van der Waals surface area contributed by atoms with Crippen LogP contribution in [0.5, 0.6) is 5.75 Å². The standard InChI is InChI=1S/C14H22N2O2/c1-5-10-6-7-12(18-9-13(15)16-17)11(8-10)14(2,3)4/h6-8,17H,5,9H2,1-4H3,(H2,15,16). The summed E-state index contributed by atoms with van der Waals surface area (Å²) in [5.41, 5.74) is 7.81. The van der Waals surface area contributed by atoms with E-state index in [1.807, 2.05) is 12.1 Å². The zero-order valence-corrected chi connectivity index (χ0v) is 11.5. The zero-order valence-electron chi connectivity index (χ0n) is 11.5. The Morgan fingerprint density at radius 2 is 2.06 bits per heavy atom. The molecule has 0 unspecified atom stereocenters. The predicted octanol–water partition coefficient (Wildman–Crippen LogP) is 2.67. The van der Waals surface area contributed by atoms with Crippen LogP contribution in [0.2, 0.25) is 0 Å². The first-order valence-corrected chi connectivity index (χ1v) is 6.11. The molecule has 0 amide bonds. The summed E-state index contributed by atoms with van der Waals surface area (Å²) >= 11 is 0. The Balaban J connectivity index is 3.03. The highest BCUT2D eigenvalue weighted by atomic mass is 16.5.